The number of aryl methyl sites for hydroxylation is 2. The van der Waals surface area contributed by atoms with Crippen molar-refractivity contribution in [3.63, 3.8) is 0 Å². The van der Waals surface area contributed by atoms with Crippen molar-refractivity contribution in [2.24, 2.45) is 0 Å². The molecule has 4 nitrogen and oxygen atoms in total. The summed E-state index contributed by atoms with van der Waals surface area (Å²) in [7, 11) is 0. The fraction of sp³-hybridized carbons (Fsp3) is 0.310. The summed E-state index contributed by atoms with van der Waals surface area (Å²) < 4.78 is 0. The van der Waals surface area contributed by atoms with Gasteiger partial charge in [0.15, 0.2) is 0 Å². The van der Waals surface area contributed by atoms with E-state index in [4.69, 9.17) is 23.2 Å². The van der Waals surface area contributed by atoms with E-state index in [1.54, 1.807) is 23.1 Å². The summed E-state index contributed by atoms with van der Waals surface area (Å²) in [5.74, 6) is -0.332. The van der Waals surface area contributed by atoms with Crippen LogP contribution >= 0.6 is 23.2 Å². The van der Waals surface area contributed by atoms with E-state index in [2.05, 4.69) is 5.32 Å². The van der Waals surface area contributed by atoms with Crippen molar-refractivity contribution in [2.45, 2.75) is 59.2 Å². The number of hydrogen-bond donors (Lipinski definition) is 1. The molecule has 0 heterocycles. The SMILES string of the molecule is Cc1ccc(CC(=O)N(Cc2ccc(Cl)cc2Cl)[C@@H](Cc2ccccc2)C(=O)NC(C)C)cc1C. The topological polar surface area (TPSA) is 49.4 Å². The third kappa shape index (κ3) is 7.58. The molecule has 2 amide bonds. The van der Waals surface area contributed by atoms with Gasteiger partial charge in [-0.25, -0.2) is 0 Å². The van der Waals surface area contributed by atoms with Crippen LogP contribution in [-0.4, -0.2) is 28.8 Å². The quantitative estimate of drug-likeness (QED) is 0.366. The lowest BCUT2D eigenvalue weighted by atomic mass is 10.00. The van der Waals surface area contributed by atoms with Crippen LogP contribution in [0.5, 0.6) is 0 Å². The summed E-state index contributed by atoms with van der Waals surface area (Å²) in [5.41, 5.74) is 4.92. The average molecular weight is 511 g/mol. The molecule has 1 N–H and O–H groups in total. The van der Waals surface area contributed by atoms with Crippen molar-refractivity contribution in [3.8, 4) is 0 Å². The molecule has 0 saturated carbocycles. The van der Waals surface area contributed by atoms with E-state index < -0.39 is 6.04 Å². The maximum atomic E-state index is 13.8. The van der Waals surface area contributed by atoms with Crippen LogP contribution in [0.15, 0.2) is 66.7 Å². The van der Waals surface area contributed by atoms with Crippen LogP contribution in [0.2, 0.25) is 10.0 Å². The fourth-order valence-corrected chi connectivity index (χ4v) is 4.43. The lowest BCUT2D eigenvalue weighted by Crippen LogP contribution is -2.52. The number of nitrogens with zero attached hydrogens (tertiary/aromatic N) is 1. The van der Waals surface area contributed by atoms with Crippen LogP contribution in [0.4, 0.5) is 0 Å². The van der Waals surface area contributed by atoms with Gasteiger partial charge in [0.2, 0.25) is 11.8 Å². The maximum Gasteiger partial charge on any atom is 0.243 e. The second kappa shape index (κ2) is 12.2. The monoisotopic (exact) mass is 510 g/mol. The van der Waals surface area contributed by atoms with E-state index in [0.717, 1.165) is 22.3 Å². The van der Waals surface area contributed by atoms with Crippen molar-refractivity contribution in [3.05, 3.63) is 105 Å². The van der Waals surface area contributed by atoms with Crippen molar-refractivity contribution in [2.75, 3.05) is 0 Å². The maximum absolute atomic E-state index is 13.8. The minimum absolute atomic E-state index is 0.0587. The molecule has 3 rings (SSSR count). The first-order chi connectivity index (χ1) is 16.6. The summed E-state index contributed by atoms with van der Waals surface area (Å²) in [6.45, 7) is 8.09. The number of carbonyl (C=O) groups is 2. The van der Waals surface area contributed by atoms with E-state index in [1.165, 1.54) is 5.56 Å². The van der Waals surface area contributed by atoms with Gasteiger partial charge in [0.1, 0.15) is 6.04 Å². The van der Waals surface area contributed by atoms with Gasteiger partial charge in [-0.1, -0.05) is 77.8 Å². The Labute approximate surface area is 218 Å². The molecule has 0 aliphatic carbocycles. The zero-order valence-electron chi connectivity index (χ0n) is 20.6. The highest BCUT2D eigenvalue weighted by Crippen LogP contribution is 2.25. The number of rotatable bonds is 9. The smallest absolute Gasteiger partial charge is 0.243 e. The Kier molecular flexibility index (Phi) is 9.36. The van der Waals surface area contributed by atoms with Crippen molar-refractivity contribution in [1.82, 2.24) is 10.2 Å². The van der Waals surface area contributed by atoms with Gasteiger partial charge in [0.25, 0.3) is 0 Å². The van der Waals surface area contributed by atoms with Gasteiger partial charge < -0.3 is 10.2 Å². The van der Waals surface area contributed by atoms with Crippen molar-refractivity contribution in [1.29, 1.82) is 0 Å². The first kappa shape index (κ1) is 26.8. The van der Waals surface area contributed by atoms with Gasteiger partial charge in [0, 0.05) is 29.1 Å². The zero-order valence-corrected chi connectivity index (χ0v) is 22.2. The Hall–Kier alpha value is -2.82. The number of amides is 2. The normalized spacial score (nSPS) is 11.9. The van der Waals surface area contributed by atoms with Crippen LogP contribution in [0.1, 0.15) is 41.7 Å². The summed E-state index contributed by atoms with van der Waals surface area (Å²) in [5, 5.41) is 3.98. The first-order valence-electron chi connectivity index (χ1n) is 11.8. The lowest BCUT2D eigenvalue weighted by molar-refractivity contribution is -0.141. The third-order valence-corrected chi connectivity index (χ3v) is 6.57. The first-order valence-corrected chi connectivity index (χ1v) is 12.5. The average Bonchev–Trinajstić information content (AvgIpc) is 2.80. The second-order valence-electron chi connectivity index (χ2n) is 9.22. The van der Waals surface area contributed by atoms with E-state index in [9.17, 15) is 9.59 Å². The Morgan fingerprint density at radius 1 is 0.886 bits per heavy atom. The fourth-order valence-electron chi connectivity index (χ4n) is 3.96. The largest absolute Gasteiger partial charge is 0.352 e. The number of nitrogens with one attached hydrogen (secondary N) is 1. The van der Waals surface area contributed by atoms with E-state index >= 15 is 0 Å². The molecule has 0 spiro atoms. The molecule has 0 aliphatic rings. The van der Waals surface area contributed by atoms with Crippen LogP contribution < -0.4 is 5.32 Å². The number of carbonyl (C=O) groups excluding carboxylic acids is 2. The Bertz CT molecular complexity index is 1180. The van der Waals surface area contributed by atoms with E-state index in [-0.39, 0.29) is 30.8 Å². The molecular weight excluding hydrogens is 479 g/mol. The molecule has 35 heavy (non-hydrogen) atoms. The predicted octanol–water partition coefficient (Wildman–Crippen LogP) is 6.32. The molecule has 3 aromatic rings. The molecule has 0 aliphatic heterocycles. The molecular formula is C29H32Cl2N2O2. The van der Waals surface area contributed by atoms with Gasteiger partial charge in [-0.3, -0.25) is 9.59 Å². The van der Waals surface area contributed by atoms with Gasteiger partial charge >= 0.3 is 0 Å². The highest BCUT2D eigenvalue weighted by molar-refractivity contribution is 6.35. The minimum Gasteiger partial charge on any atom is -0.352 e. The van der Waals surface area contributed by atoms with Crippen LogP contribution in [0.25, 0.3) is 0 Å². The van der Waals surface area contributed by atoms with Gasteiger partial charge in [0.05, 0.1) is 6.42 Å². The highest BCUT2D eigenvalue weighted by Gasteiger charge is 2.31. The zero-order chi connectivity index (χ0) is 25.5. The Balaban J connectivity index is 2.01. The van der Waals surface area contributed by atoms with Crippen LogP contribution in [0.3, 0.4) is 0 Å². The number of halogens is 2. The molecule has 0 unspecified atom stereocenters. The molecule has 0 radical (unpaired) electrons. The van der Waals surface area contributed by atoms with E-state index in [1.807, 2.05) is 76.2 Å². The molecule has 0 fully saturated rings. The Morgan fingerprint density at radius 2 is 1.60 bits per heavy atom. The summed E-state index contributed by atoms with van der Waals surface area (Å²) in [6.07, 6.45) is 0.579. The molecule has 184 valence electrons. The lowest BCUT2D eigenvalue weighted by Gasteiger charge is -2.32. The third-order valence-electron chi connectivity index (χ3n) is 5.98. The molecule has 1 atom stereocenters. The molecule has 0 bridgehead atoms. The van der Waals surface area contributed by atoms with Gasteiger partial charge in [-0.05, 0) is 67.6 Å². The number of benzene rings is 3. The van der Waals surface area contributed by atoms with Gasteiger partial charge in [-0.2, -0.15) is 0 Å². The second-order valence-corrected chi connectivity index (χ2v) is 10.1. The van der Waals surface area contributed by atoms with Crippen LogP contribution in [0, 0.1) is 13.8 Å². The van der Waals surface area contributed by atoms with Gasteiger partial charge in [-0.15, -0.1) is 0 Å². The predicted molar refractivity (Wildman–Crippen MR) is 144 cm³/mol. The Morgan fingerprint density at radius 3 is 2.23 bits per heavy atom. The highest BCUT2D eigenvalue weighted by atomic mass is 35.5. The molecule has 3 aromatic carbocycles. The summed E-state index contributed by atoms with van der Waals surface area (Å²) in [4.78, 5) is 28.9. The van der Waals surface area contributed by atoms with Crippen molar-refractivity contribution < 1.29 is 9.59 Å². The summed E-state index contributed by atoms with van der Waals surface area (Å²) in [6, 6.07) is 20.2. The standard InChI is InChI=1S/C29H32Cl2N2O2/c1-19(2)32-29(35)27(15-22-8-6-5-7-9-22)33(18-24-12-13-25(30)17-26(24)31)28(34)16-23-11-10-20(3)21(4)14-23/h5-14,17,19,27H,15-16,18H2,1-4H3,(H,32,35)/t27-/m0/s1. The van der Waals surface area contributed by atoms with E-state index in [0.29, 0.717) is 16.5 Å². The van der Waals surface area contributed by atoms with Crippen molar-refractivity contribution >= 4 is 35.0 Å². The molecule has 6 heteroatoms. The number of hydrogen-bond acceptors (Lipinski definition) is 2. The summed E-state index contributed by atoms with van der Waals surface area (Å²) >= 11 is 12.6. The molecule has 0 saturated heterocycles. The minimum atomic E-state index is -0.703. The molecule has 0 aromatic heterocycles. The van der Waals surface area contributed by atoms with Crippen LogP contribution in [-0.2, 0) is 29.0 Å².